The summed E-state index contributed by atoms with van der Waals surface area (Å²) in [6, 6.07) is 8.10. The molecule has 84 valence electrons. The summed E-state index contributed by atoms with van der Waals surface area (Å²) in [6.45, 7) is 0. The minimum Gasteiger partial charge on any atom is -0.311 e. The van der Waals surface area contributed by atoms with Crippen molar-refractivity contribution in [3.63, 3.8) is 0 Å². The Bertz CT molecular complexity index is 442. The number of nitrogens with zero attached hydrogens (tertiary/aromatic N) is 1. The largest absolute Gasteiger partial charge is 0.311 e. The quantitative estimate of drug-likeness (QED) is 0.903. The Morgan fingerprint density at radius 1 is 1.44 bits per heavy atom. The lowest BCUT2D eigenvalue weighted by molar-refractivity contribution is 0.580. The first-order valence-electron chi connectivity index (χ1n) is 5.11. The van der Waals surface area contributed by atoms with Gasteiger partial charge in [0.15, 0.2) is 0 Å². The van der Waals surface area contributed by atoms with Crippen LogP contribution in [-0.4, -0.2) is 12.0 Å². The Balaban J connectivity index is 2.20. The maximum absolute atomic E-state index is 6.14. The number of halogens is 1. The Morgan fingerprint density at radius 2 is 2.31 bits per heavy atom. The fourth-order valence-corrected chi connectivity index (χ4v) is 2.62. The third-order valence-corrected chi connectivity index (χ3v) is 3.67. The highest BCUT2D eigenvalue weighted by Gasteiger charge is 2.14. The van der Waals surface area contributed by atoms with Crippen LogP contribution in [0.5, 0.6) is 0 Å². The maximum Gasteiger partial charge on any atom is 0.0762 e. The SMILES string of the molecule is CNC(Cc1cccs1)c1ncccc1Cl. The molecule has 2 rings (SSSR count). The van der Waals surface area contributed by atoms with E-state index in [9.17, 15) is 0 Å². The summed E-state index contributed by atoms with van der Waals surface area (Å²) in [5.41, 5.74) is 0.917. The summed E-state index contributed by atoms with van der Waals surface area (Å²) in [5, 5.41) is 6.06. The lowest BCUT2D eigenvalue weighted by Gasteiger charge is -2.15. The number of likely N-dealkylation sites (N-methyl/N-ethyl adjacent to an activating group) is 1. The normalized spacial score (nSPS) is 12.6. The molecule has 1 N–H and O–H groups in total. The molecule has 4 heteroatoms. The van der Waals surface area contributed by atoms with E-state index in [0.717, 1.165) is 17.1 Å². The van der Waals surface area contributed by atoms with Crippen LogP contribution >= 0.6 is 22.9 Å². The molecule has 2 nitrogen and oxygen atoms in total. The molecular formula is C12H13ClN2S. The van der Waals surface area contributed by atoms with E-state index < -0.39 is 0 Å². The van der Waals surface area contributed by atoms with Gasteiger partial charge in [0, 0.05) is 17.5 Å². The highest BCUT2D eigenvalue weighted by molar-refractivity contribution is 7.09. The van der Waals surface area contributed by atoms with Crippen molar-refractivity contribution in [3.8, 4) is 0 Å². The summed E-state index contributed by atoms with van der Waals surface area (Å²) in [5.74, 6) is 0. The topological polar surface area (TPSA) is 24.9 Å². The highest BCUT2D eigenvalue weighted by atomic mass is 35.5. The minimum atomic E-state index is 0.173. The smallest absolute Gasteiger partial charge is 0.0762 e. The average molecular weight is 253 g/mol. The van der Waals surface area contributed by atoms with E-state index in [1.54, 1.807) is 17.5 Å². The predicted molar refractivity (Wildman–Crippen MR) is 69.1 cm³/mol. The summed E-state index contributed by atoms with van der Waals surface area (Å²) in [6.07, 6.45) is 2.70. The first-order chi connectivity index (χ1) is 7.81. The molecule has 1 atom stereocenters. The van der Waals surface area contributed by atoms with Crippen molar-refractivity contribution in [1.29, 1.82) is 0 Å². The van der Waals surface area contributed by atoms with Crippen molar-refractivity contribution in [2.24, 2.45) is 0 Å². The van der Waals surface area contributed by atoms with Gasteiger partial charge >= 0.3 is 0 Å². The van der Waals surface area contributed by atoms with Gasteiger partial charge in [-0.1, -0.05) is 17.7 Å². The van der Waals surface area contributed by atoms with Crippen LogP contribution in [0.15, 0.2) is 35.8 Å². The maximum atomic E-state index is 6.14. The second-order valence-corrected chi connectivity index (χ2v) is 4.93. The van der Waals surface area contributed by atoms with Gasteiger partial charge in [-0.2, -0.15) is 0 Å². The second kappa shape index (κ2) is 5.43. The van der Waals surface area contributed by atoms with E-state index >= 15 is 0 Å². The van der Waals surface area contributed by atoms with E-state index in [1.165, 1.54) is 4.88 Å². The summed E-state index contributed by atoms with van der Waals surface area (Å²) < 4.78 is 0. The van der Waals surface area contributed by atoms with Gasteiger partial charge in [-0.05, 0) is 30.6 Å². The molecule has 0 saturated carbocycles. The number of thiophene rings is 1. The Labute approximate surface area is 104 Å². The molecule has 0 bridgehead atoms. The number of hydrogen-bond donors (Lipinski definition) is 1. The van der Waals surface area contributed by atoms with Crippen molar-refractivity contribution in [2.75, 3.05) is 7.05 Å². The number of pyridine rings is 1. The lowest BCUT2D eigenvalue weighted by atomic mass is 10.1. The van der Waals surface area contributed by atoms with Crippen molar-refractivity contribution in [3.05, 3.63) is 51.4 Å². The Morgan fingerprint density at radius 3 is 2.94 bits per heavy atom. The molecule has 0 saturated heterocycles. The molecule has 16 heavy (non-hydrogen) atoms. The predicted octanol–water partition coefficient (Wildman–Crippen LogP) is 3.30. The van der Waals surface area contributed by atoms with Gasteiger partial charge in [-0.3, -0.25) is 4.98 Å². The Hall–Kier alpha value is -0.900. The van der Waals surface area contributed by atoms with Crippen LogP contribution in [-0.2, 0) is 6.42 Å². The third kappa shape index (κ3) is 2.61. The molecule has 0 amide bonds. The van der Waals surface area contributed by atoms with Gasteiger partial charge in [-0.15, -0.1) is 11.3 Å². The molecule has 0 spiro atoms. The van der Waals surface area contributed by atoms with E-state index in [2.05, 4.69) is 27.8 Å². The first-order valence-corrected chi connectivity index (χ1v) is 6.37. The van der Waals surface area contributed by atoms with Crippen LogP contribution in [0.1, 0.15) is 16.6 Å². The molecule has 0 aromatic carbocycles. The fraction of sp³-hybridized carbons (Fsp3) is 0.250. The van der Waals surface area contributed by atoms with Crippen LogP contribution in [0.25, 0.3) is 0 Å². The van der Waals surface area contributed by atoms with Crippen LogP contribution in [0.4, 0.5) is 0 Å². The van der Waals surface area contributed by atoms with Gasteiger partial charge in [0.25, 0.3) is 0 Å². The number of nitrogens with one attached hydrogen (secondary N) is 1. The van der Waals surface area contributed by atoms with Crippen molar-refractivity contribution < 1.29 is 0 Å². The van der Waals surface area contributed by atoms with Gasteiger partial charge in [0.2, 0.25) is 0 Å². The number of rotatable bonds is 4. The molecule has 2 aromatic heterocycles. The van der Waals surface area contributed by atoms with Crippen LogP contribution in [0, 0.1) is 0 Å². The van der Waals surface area contributed by atoms with E-state index in [4.69, 9.17) is 11.6 Å². The third-order valence-electron chi connectivity index (χ3n) is 2.45. The van der Waals surface area contributed by atoms with E-state index in [0.29, 0.717) is 0 Å². The van der Waals surface area contributed by atoms with E-state index in [-0.39, 0.29) is 6.04 Å². The summed E-state index contributed by atoms with van der Waals surface area (Å²) in [7, 11) is 1.93. The summed E-state index contributed by atoms with van der Waals surface area (Å²) >= 11 is 7.90. The highest BCUT2D eigenvalue weighted by Crippen LogP contribution is 2.24. The molecule has 2 aromatic rings. The van der Waals surface area contributed by atoms with Gasteiger partial charge in [0.1, 0.15) is 0 Å². The fourth-order valence-electron chi connectivity index (χ4n) is 1.62. The molecule has 0 aliphatic carbocycles. The zero-order valence-corrected chi connectivity index (χ0v) is 10.6. The zero-order chi connectivity index (χ0) is 11.4. The van der Waals surface area contributed by atoms with Crippen molar-refractivity contribution >= 4 is 22.9 Å². The van der Waals surface area contributed by atoms with Gasteiger partial charge < -0.3 is 5.32 Å². The number of hydrogen-bond acceptors (Lipinski definition) is 3. The molecular weight excluding hydrogens is 240 g/mol. The monoisotopic (exact) mass is 252 g/mol. The minimum absolute atomic E-state index is 0.173. The molecule has 0 aliphatic heterocycles. The lowest BCUT2D eigenvalue weighted by Crippen LogP contribution is -2.20. The first kappa shape index (κ1) is 11.6. The average Bonchev–Trinajstić information content (AvgIpc) is 2.80. The molecule has 2 heterocycles. The van der Waals surface area contributed by atoms with Crippen LogP contribution in [0.2, 0.25) is 5.02 Å². The van der Waals surface area contributed by atoms with Crippen molar-refractivity contribution in [2.45, 2.75) is 12.5 Å². The molecule has 0 radical (unpaired) electrons. The molecule has 1 unspecified atom stereocenters. The summed E-state index contributed by atoms with van der Waals surface area (Å²) in [4.78, 5) is 5.67. The van der Waals surface area contributed by atoms with E-state index in [1.807, 2.05) is 19.2 Å². The molecule has 0 fully saturated rings. The number of aromatic nitrogens is 1. The van der Waals surface area contributed by atoms with Crippen LogP contribution < -0.4 is 5.32 Å². The second-order valence-electron chi connectivity index (χ2n) is 3.50. The standard InChI is InChI=1S/C12H13ClN2S/c1-14-11(8-9-4-3-7-16-9)12-10(13)5-2-6-15-12/h2-7,11,14H,8H2,1H3. The molecule has 0 aliphatic rings. The van der Waals surface area contributed by atoms with Gasteiger partial charge in [-0.25, -0.2) is 0 Å². The van der Waals surface area contributed by atoms with Crippen LogP contribution in [0.3, 0.4) is 0 Å². The Kier molecular flexibility index (Phi) is 3.93. The van der Waals surface area contributed by atoms with Crippen molar-refractivity contribution in [1.82, 2.24) is 10.3 Å². The zero-order valence-electron chi connectivity index (χ0n) is 8.98. The van der Waals surface area contributed by atoms with Gasteiger partial charge in [0.05, 0.1) is 16.8 Å².